The van der Waals surface area contributed by atoms with Gasteiger partial charge in [0, 0.05) is 12.5 Å². The fourth-order valence-electron chi connectivity index (χ4n) is 2.73. The summed E-state index contributed by atoms with van der Waals surface area (Å²) < 4.78 is 0. The summed E-state index contributed by atoms with van der Waals surface area (Å²) in [6, 6.07) is -0.372. The van der Waals surface area contributed by atoms with Crippen LogP contribution in [0.15, 0.2) is 29.3 Å². The Balaban J connectivity index is 3.15. The number of carbonyl (C=O) groups excluding carboxylic acids is 1. The highest BCUT2D eigenvalue weighted by Gasteiger charge is 2.40. The van der Waals surface area contributed by atoms with Crippen molar-refractivity contribution in [3.05, 3.63) is 24.3 Å². The van der Waals surface area contributed by atoms with Crippen molar-refractivity contribution in [2.24, 2.45) is 22.4 Å². The summed E-state index contributed by atoms with van der Waals surface area (Å²) in [6.07, 6.45) is 10.1. The van der Waals surface area contributed by atoms with E-state index < -0.39 is 0 Å². The molecule has 1 rings (SSSR count). The molecule has 5 heteroatoms. The number of hydrogen-bond acceptors (Lipinski definition) is 1. The molecule has 0 saturated heterocycles. The summed E-state index contributed by atoms with van der Waals surface area (Å²) in [4.78, 5) is 17.7. The predicted octanol–water partition coefficient (Wildman–Crippen LogP) is 2.00. The van der Waals surface area contributed by atoms with Crippen LogP contribution in [-0.4, -0.2) is 29.0 Å². The molecule has 106 valence electrons. The van der Waals surface area contributed by atoms with Crippen LogP contribution in [-0.2, 0) is 0 Å². The minimum absolute atomic E-state index is 0.196. The average molecular weight is 264 g/mol. The number of nitrogens with two attached hydrogens (primary N) is 2. The number of rotatable bonds is 4. The standard InChI is InChI=1S/C14H24N4O/c1-4-9-14(10-7-6-8-11(14)3)18(5-2)13(19)17-12(15)16/h6-8,10-11H,4-5,9H2,1-3H3,(H4,15,16,17,19). The number of carbonyl (C=O) groups is 1. The Hall–Kier alpha value is -1.78. The van der Waals surface area contributed by atoms with Gasteiger partial charge in [0.1, 0.15) is 0 Å². The van der Waals surface area contributed by atoms with Crippen LogP contribution in [0.5, 0.6) is 0 Å². The SMILES string of the molecule is CCCC1(N(CC)C(=O)N=C(N)N)C=CC=CC1C. The van der Waals surface area contributed by atoms with Crippen LogP contribution in [0, 0.1) is 5.92 Å². The van der Waals surface area contributed by atoms with Gasteiger partial charge in [-0.15, -0.1) is 0 Å². The molecule has 0 fully saturated rings. The van der Waals surface area contributed by atoms with E-state index in [0.717, 1.165) is 12.8 Å². The minimum Gasteiger partial charge on any atom is -0.370 e. The van der Waals surface area contributed by atoms with Gasteiger partial charge in [-0.3, -0.25) is 0 Å². The highest BCUT2D eigenvalue weighted by atomic mass is 16.2. The van der Waals surface area contributed by atoms with Crippen molar-refractivity contribution in [1.29, 1.82) is 0 Å². The molecule has 0 aromatic heterocycles. The molecule has 2 amide bonds. The van der Waals surface area contributed by atoms with Crippen molar-refractivity contribution in [2.75, 3.05) is 6.54 Å². The fourth-order valence-corrected chi connectivity index (χ4v) is 2.73. The van der Waals surface area contributed by atoms with Crippen LogP contribution in [0.25, 0.3) is 0 Å². The molecule has 5 nitrogen and oxygen atoms in total. The molecule has 19 heavy (non-hydrogen) atoms. The summed E-state index contributed by atoms with van der Waals surface area (Å²) in [7, 11) is 0. The number of urea groups is 1. The molecule has 0 heterocycles. The number of aliphatic imine (C=N–C) groups is 1. The van der Waals surface area contributed by atoms with Crippen LogP contribution in [0.2, 0.25) is 0 Å². The first-order chi connectivity index (χ1) is 8.97. The predicted molar refractivity (Wildman–Crippen MR) is 78.7 cm³/mol. The van der Waals surface area contributed by atoms with Crippen molar-refractivity contribution in [2.45, 2.75) is 39.2 Å². The number of likely N-dealkylation sites (N-methyl/N-ethyl adjacent to an activating group) is 1. The minimum atomic E-state index is -0.372. The van der Waals surface area contributed by atoms with Crippen LogP contribution in [0.4, 0.5) is 4.79 Å². The Kier molecular flexibility index (Phi) is 5.15. The van der Waals surface area contributed by atoms with Crippen molar-refractivity contribution < 1.29 is 4.79 Å². The van der Waals surface area contributed by atoms with E-state index in [0.29, 0.717) is 6.54 Å². The molecule has 0 aromatic carbocycles. The maximum atomic E-state index is 12.2. The molecular weight excluding hydrogens is 240 g/mol. The van der Waals surface area contributed by atoms with Gasteiger partial charge in [0.2, 0.25) is 0 Å². The summed E-state index contributed by atoms with van der Waals surface area (Å²) in [5, 5.41) is 0. The van der Waals surface area contributed by atoms with Crippen LogP contribution >= 0.6 is 0 Å². The van der Waals surface area contributed by atoms with E-state index in [1.165, 1.54) is 0 Å². The summed E-state index contributed by atoms with van der Waals surface area (Å²) in [5.74, 6) is 0.0358. The highest BCUT2D eigenvalue weighted by molar-refractivity contribution is 5.91. The number of allylic oxidation sites excluding steroid dienone is 2. The topological polar surface area (TPSA) is 84.7 Å². The van der Waals surface area contributed by atoms with Crippen LogP contribution in [0.3, 0.4) is 0 Å². The zero-order valence-electron chi connectivity index (χ0n) is 12.0. The van der Waals surface area contributed by atoms with Crippen molar-refractivity contribution in [1.82, 2.24) is 4.90 Å². The molecule has 0 bridgehead atoms. The monoisotopic (exact) mass is 264 g/mol. The van der Waals surface area contributed by atoms with Gasteiger partial charge in [-0.1, -0.05) is 44.6 Å². The number of nitrogens with zero attached hydrogens (tertiary/aromatic N) is 2. The Morgan fingerprint density at radius 2 is 2.05 bits per heavy atom. The van der Waals surface area contributed by atoms with E-state index in [-0.39, 0.29) is 23.4 Å². The number of guanidine groups is 1. The molecule has 2 unspecified atom stereocenters. The van der Waals surface area contributed by atoms with E-state index in [2.05, 4.69) is 31.0 Å². The molecule has 0 radical (unpaired) electrons. The summed E-state index contributed by atoms with van der Waals surface area (Å²) >= 11 is 0. The molecule has 1 aliphatic carbocycles. The lowest BCUT2D eigenvalue weighted by Crippen LogP contribution is -2.54. The second-order valence-electron chi connectivity index (χ2n) is 4.84. The smallest absolute Gasteiger partial charge is 0.347 e. The Labute approximate surface area is 115 Å². The molecule has 2 atom stereocenters. The van der Waals surface area contributed by atoms with Crippen molar-refractivity contribution in [3.63, 3.8) is 0 Å². The van der Waals surface area contributed by atoms with E-state index in [1.54, 1.807) is 4.90 Å². The molecule has 0 aromatic rings. The normalized spacial score (nSPS) is 25.1. The summed E-state index contributed by atoms with van der Waals surface area (Å²) in [6.45, 7) is 6.73. The third-order valence-electron chi connectivity index (χ3n) is 3.61. The van der Waals surface area contributed by atoms with Crippen molar-refractivity contribution >= 4 is 12.0 Å². The van der Waals surface area contributed by atoms with Gasteiger partial charge in [0.15, 0.2) is 5.96 Å². The van der Waals surface area contributed by atoms with Gasteiger partial charge < -0.3 is 16.4 Å². The third kappa shape index (κ3) is 3.16. The van der Waals surface area contributed by atoms with E-state index >= 15 is 0 Å². The Morgan fingerprint density at radius 3 is 2.53 bits per heavy atom. The van der Waals surface area contributed by atoms with Gasteiger partial charge in [-0.2, -0.15) is 4.99 Å². The fraction of sp³-hybridized carbons (Fsp3) is 0.571. The maximum Gasteiger partial charge on any atom is 0.347 e. The Bertz CT molecular complexity index is 410. The zero-order chi connectivity index (χ0) is 14.5. The third-order valence-corrected chi connectivity index (χ3v) is 3.61. The second kappa shape index (κ2) is 6.41. The quantitative estimate of drug-likeness (QED) is 0.601. The van der Waals surface area contributed by atoms with Gasteiger partial charge in [0.05, 0.1) is 5.54 Å². The van der Waals surface area contributed by atoms with E-state index in [4.69, 9.17) is 11.5 Å². The van der Waals surface area contributed by atoms with Gasteiger partial charge in [-0.05, 0) is 13.3 Å². The lowest BCUT2D eigenvalue weighted by molar-refractivity contribution is 0.120. The van der Waals surface area contributed by atoms with E-state index in [1.807, 2.05) is 19.1 Å². The Morgan fingerprint density at radius 1 is 1.37 bits per heavy atom. The van der Waals surface area contributed by atoms with Gasteiger partial charge in [0.25, 0.3) is 0 Å². The lowest BCUT2D eigenvalue weighted by atomic mass is 9.77. The van der Waals surface area contributed by atoms with Crippen LogP contribution in [0.1, 0.15) is 33.6 Å². The molecular formula is C14H24N4O. The first-order valence-corrected chi connectivity index (χ1v) is 6.75. The average Bonchev–Trinajstić information content (AvgIpc) is 2.33. The molecule has 0 aliphatic heterocycles. The first kappa shape index (κ1) is 15.3. The summed E-state index contributed by atoms with van der Waals surface area (Å²) in [5.41, 5.74) is 10.3. The molecule has 4 N–H and O–H groups in total. The first-order valence-electron chi connectivity index (χ1n) is 6.75. The number of amides is 2. The number of hydrogen-bond donors (Lipinski definition) is 2. The zero-order valence-corrected chi connectivity index (χ0v) is 12.0. The molecule has 0 spiro atoms. The lowest BCUT2D eigenvalue weighted by Gasteiger charge is -2.45. The van der Waals surface area contributed by atoms with E-state index in [9.17, 15) is 4.79 Å². The molecule has 1 aliphatic rings. The highest BCUT2D eigenvalue weighted by Crippen LogP contribution is 2.35. The van der Waals surface area contributed by atoms with Crippen molar-refractivity contribution in [3.8, 4) is 0 Å². The van der Waals surface area contributed by atoms with Crippen LogP contribution < -0.4 is 11.5 Å². The largest absolute Gasteiger partial charge is 0.370 e. The molecule has 0 saturated carbocycles. The van der Waals surface area contributed by atoms with Gasteiger partial charge >= 0.3 is 6.03 Å². The van der Waals surface area contributed by atoms with Gasteiger partial charge in [-0.25, -0.2) is 4.79 Å². The maximum absolute atomic E-state index is 12.2. The second-order valence-corrected chi connectivity index (χ2v) is 4.84.